The molecule has 0 saturated heterocycles. The fourth-order valence-corrected chi connectivity index (χ4v) is 3.26. The van der Waals surface area contributed by atoms with Gasteiger partial charge in [-0.05, 0) is 43.6 Å². The van der Waals surface area contributed by atoms with Crippen LogP contribution in [0.1, 0.15) is 16.9 Å². The smallest absolute Gasteiger partial charge is 0.104 e. The highest BCUT2D eigenvalue weighted by atomic mass is 35.5. The maximum Gasteiger partial charge on any atom is 0.104 e. The first-order chi connectivity index (χ1) is 9.51. The van der Waals surface area contributed by atoms with Crippen LogP contribution >= 0.6 is 22.9 Å². The van der Waals surface area contributed by atoms with Crippen LogP contribution in [-0.2, 0) is 12.0 Å². The Hall–Kier alpha value is -0.870. The summed E-state index contributed by atoms with van der Waals surface area (Å²) in [6.45, 7) is 0.832. The Bertz CT molecular complexity index is 541. The van der Waals surface area contributed by atoms with Gasteiger partial charge in [0.1, 0.15) is 5.60 Å². The third-order valence-corrected chi connectivity index (χ3v) is 4.83. The molecular weight excluding hydrogens is 290 g/mol. The van der Waals surface area contributed by atoms with Gasteiger partial charge in [-0.3, -0.25) is 0 Å². The van der Waals surface area contributed by atoms with E-state index in [1.807, 2.05) is 55.9 Å². The first-order valence-electron chi connectivity index (χ1n) is 6.66. The predicted molar refractivity (Wildman–Crippen MR) is 86.5 cm³/mol. The summed E-state index contributed by atoms with van der Waals surface area (Å²) in [5.41, 5.74) is 0.132. The zero-order chi connectivity index (χ0) is 14.6. The lowest BCUT2D eigenvalue weighted by molar-refractivity contribution is 0.0248. The molecule has 1 atom stereocenters. The van der Waals surface area contributed by atoms with Crippen LogP contribution in [0.25, 0.3) is 0 Å². The molecule has 1 unspecified atom stereocenters. The van der Waals surface area contributed by atoms with Gasteiger partial charge >= 0.3 is 0 Å². The van der Waals surface area contributed by atoms with Gasteiger partial charge in [-0.2, -0.15) is 0 Å². The van der Waals surface area contributed by atoms with Crippen LogP contribution in [0.2, 0.25) is 5.02 Å². The van der Waals surface area contributed by atoms with E-state index >= 15 is 0 Å². The quantitative estimate of drug-likeness (QED) is 0.877. The van der Waals surface area contributed by atoms with Crippen LogP contribution in [0.5, 0.6) is 0 Å². The zero-order valence-corrected chi connectivity index (χ0v) is 13.4. The lowest BCUT2D eigenvalue weighted by Crippen LogP contribution is -2.32. The number of benzene rings is 1. The van der Waals surface area contributed by atoms with Crippen molar-refractivity contribution >= 4 is 22.9 Å². The summed E-state index contributed by atoms with van der Waals surface area (Å²) >= 11 is 7.83. The number of hydrogen-bond acceptors (Lipinski definition) is 3. The molecule has 2 rings (SSSR count). The first kappa shape index (κ1) is 15.5. The summed E-state index contributed by atoms with van der Waals surface area (Å²) in [7, 11) is 4.04. The molecule has 1 aromatic heterocycles. The van der Waals surface area contributed by atoms with Crippen molar-refractivity contribution in [3.05, 3.63) is 57.2 Å². The monoisotopic (exact) mass is 309 g/mol. The second kappa shape index (κ2) is 6.72. The number of rotatable bonds is 6. The molecule has 0 aliphatic rings. The number of thiophene rings is 1. The molecule has 108 valence electrons. The predicted octanol–water partition coefficient (Wildman–Crippen LogP) is 3.78. The van der Waals surface area contributed by atoms with Gasteiger partial charge < -0.3 is 10.0 Å². The number of halogens is 1. The molecule has 0 aliphatic carbocycles. The van der Waals surface area contributed by atoms with Gasteiger partial charge in [0.25, 0.3) is 0 Å². The molecule has 0 amide bonds. The van der Waals surface area contributed by atoms with Crippen LogP contribution in [0.3, 0.4) is 0 Å². The van der Waals surface area contributed by atoms with Crippen molar-refractivity contribution in [3.63, 3.8) is 0 Å². The van der Waals surface area contributed by atoms with E-state index in [9.17, 15) is 5.11 Å². The molecule has 20 heavy (non-hydrogen) atoms. The van der Waals surface area contributed by atoms with E-state index in [1.54, 1.807) is 11.3 Å². The lowest BCUT2D eigenvalue weighted by Gasteiger charge is -2.29. The Morgan fingerprint density at radius 3 is 2.55 bits per heavy atom. The van der Waals surface area contributed by atoms with Crippen LogP contribution in [-0.4, -0.2) is 30.6 Å². The maximum atomic E-state index is 11.1. The highest BCUT2D eigenvalue weighted by Gasteiger charge is 2.31. The lowest BCUT2D eigenvalue weighted by atomic mass is 9.89. The average Bonchev–Trinajstić information content (AvgIpc) is 2.94. The van der Waals surface area contributed by atoms with Crippen LogP contribution in [0.15, 0.2) is 41.8 Å². The van der Waals surface area contributed by atoms with E-state index in [0.717, 1.165) is 17.0 Å². The zero-order valence-electron chi connectivity index (χ0n) is 11.8. The fraction of sp³-hybridized carbons (Fsp3) is 0.375. The molecule has 0 saturated carbocycles. The van der Waals surface area contributed by atoms with Crippen molar-refractivity contribution in [2.45, 2.75) is 18.4 Å². The van der Waals surface area contributed by atoms with Gasteiger partial charge in [0.15, 0.2) is 0 Å². The summed E-state index contributed by atoms with van der Waals surface area (Å²) in [5, 5.41) is 13.8. The number of nitrogens with zero attached hydrogens (tertiary/aromatic N) is 1. The summed E-state index contributed by atoms with van der Waals surface area (Å²) in [4.78, 5) is 3.09. The van der Waals surface area contributed by atoms with E-state index in [4.69, 9.17) is 11.6 Å². The topological polar surface area (TPSA) is 23.5 Å². The van der Waals surface area contributed by atoms with Crippen LogP contribution in [0, 0.1) is 0 Å². The van der Waals surface area contributed by atoms with E-state index < -0.39 is 5.60 Å². The minimum atomic E-state index is -0.858. The second-order valence-electron chi connectivity index (χ2n) is 5.33. The summed E-state index contributed by atoms with van der Waals surface area (Å²) in [5.74, 6) is 0. The minimum Gasteiger partial charge on any atom is -0.384 e. The molecule has 2 aromatic rings. The highest BCUT2D eigenvalue weighted by Crippen LogP contribution is 2.34. The van der Waals surface area contributed by atoms with Gasteiger partial charge in [0.05, 0.1) is 0 Å². The molecule has 0 bridgehead atoms. The Kier molecular flexibility index (Phi) is 5.22. The molecule has 0 fully saturated rings. The molecule has 0 radical (unpaired) electrons. The Morgan fingerprint density at radius 1 is 1.20 bits per heavy atom. The van der Waals surface area contributed by atoms with Crippen molar-refractivity contribution in [2.24, 2.45) is 0 Å². The largest absolute Gasteiger partial charge is 0.384 e. The molecular formula is C16H20ClNOS. The first-order valence-corrected chi connectivity index (χ1v) is 7.91. The van der Waals surface area contributed by atoms with Gasteiger partial charge in [-0.1, -0.05) is 35.9 Å². The normalized spacial score (nSPS) is 14.4. The Morgan fingerprint density at radius 2 is 1.95 bits per heavy atom. The molecule has 1 heterocycles. The molecule has 4 heteroatoms. The van der Waals surface area contributed by atoms with E-state index in [2.05, 4.69) is 4.90 Å². The van der Waals surface area contributed by atoms with Crippen molar-refractivity contribution in [1.82, 2.24) is 4.90 Å². The molecule has 1 N–H and O–H groups in total. The van der Waals surface area contributed by atoms with E-state index in [0.29, 0.717) is 17.9 Å². The summed E-state index contributed by atoms with van der Waals surface area (Å²) in [6.07, 6.45) is 1.23. The molecule has 0 spiro atoms. The summed E-state index contributed by atoms with van der Waals surface area (Å²) < 4.78 is 0. The van der Waals surface area contributed by atoms with Gasteiger partial charge in [-0.25, -0.2) is 0 Å². The molecule has 2 nitrogen and oxygen atoms in total. The third kappa shape index (κ3) is 3.83. The Balaban J connectivity index is 2.25. The van der Waals surface area contributed by atoms with Crippen molar-refractivity contribution in [3.8, 4) is 0 Å². The van der Waals surface area contributed by atoms with E-state index in [-0.39, 0.29) is 0 Å². The standard InChI is InChI=1S/C16H20ClNOS/c1-18(2)10-9-16(19,15-8-5-11-20-15)12-13-6-3-4-7-14(13)17/h3-8,11,19H,9-10,12H2,1-2H3. The van der Waals surface area contributed by atoms with Gasteiger partial charge in [0, 0.05) is 22.9 Å². The third-order valence-electron chi connectivity index (χ3n) is 3.39. The van der Waals surface area contributed by atoms with Crippen LogP contribution < -0.4 is 0 Å². The summed E-state index contributed by atoms with van der Waals surface area (Å²) in [6, 6.07) is 11.7. The van der Waals surface area contributed by atoms with Crippen molar-refractivity contribution in [1.29, 1.82) is 0 Å². The highest BCUT2D eigenvalue weighted by molar-refractivity contribution is 7.10. The second-order valence-corrected chi connectivity index (χ2v) is 6.69. The maximum absolute atomic E-state index is 11.1. The van der Waals surface area contributed by atoms with Crippen molar-refractivity contribution in [2.75, 3.05) is 20.6 Å². The minimum absolute atomic E-state index is 0.543. The molecule has 1 aromatic carbocycles. The average molecular weight is 310 g/mol. The SMILES string of the molecule is CN(C)CCC(O)(Cc1ccccc1Cl)c1cccs1. The molecule has 0 aliphatic heterocycles. The van der Waals surface area contributed by atoms with Gasteiger partial charge in [-0.15, -0.1) is 11.3 Å². The van der Waals surface area contributed by atoms with E-state index in [1.165, 1.54) is 0 Å². The Labute approximate surface area is 129 Å². The number of hydrogen-bond donors (Lipinski definition) is 1. The van der Waals surface area contributed by atoms with Crippen LogP contribution in [0.4, 0.5) is 0 Å². The fourth-order valence-electron chi connectivity index (χ4n) is 2.21. The van der Waals surface area contributed by atoms with Gasteiger partial charge in [0.2, 0.25) is 0 Å². The number of aliphatic hydroxyl groups is 1. The van der Waals surface area contributed by atoms with Crippen molar-refractivity contribution < 1.29 is 5.11 Å².